The van der Waals surface area contributed by atoms with E-state index in [2.05, 4.69) is 0 Å². The highest BCUT2D eigenvalue weighted by atomic mass is 32.2. The fourth-order valence-corrected chi connectivity index (χ4v) is 3.50. The zero-order valence-corrected chi connectivity index (χ0v) is 15.7. The summed E-state index contributed by atoms with van der Waals surface area (Å²) in [6.07, 6.45) is 8.55. The maximum atomic E-state index is 10.2. The van der Waals surface area contributed by atoms with E-state index in [4.69, 9.17) is 18.9 Å². The van der Waals surface area contributed by atoms with E-state index in [1.807, 2.05) is 41.8 Å². The number of aliphatic hydroxyl groups is 1. The van der Waals surface area contributed by atoms with Crippen LogP contribution in [0.15, 0.2) is 41.8 Å². The molecule has 1 aliphatic rings. The molecule has 6 heteroatoms. The van der Waals surface area contributed by atoms with Crippen molar-refractivity contribution in [1.29, 1.82) is 0 Å². The van der Waals surface area contributed by atoms with Crippen molar-refractivity contribution in [2.24, 2.45) is 0 Å². The van der Waals surface area contributed by atoms with Crippen LogP contribution >= 0.6 is 11.8 Å². The van der Waals surface area contributed by atoms with Crippen LogP contribution in [-0.2, 0) is 4.74 Å². The predicted molar refractivity (Wildman–Crippen MR) is 102 cm³/mol. The molecule has 0 heterocycles. The summed E-state index contributed by atoms with van der Waals surface area (Å²) in [7, 11) is 6.41. The van der Waals surface area contributed by atoms with Crippen LogP contribution in [0.1, 0.15) is 5.56 Å². The van der Waals surface area contributed by atoms with Crippen molar-refractivity contribution in [3.05, 3.63) is 47.4 Å². The lowest BCUT2D eigenvalue weighted by molar-refractivity contribution is -0.0320. The quantitative estimate of drug-likeness (QED) is 0.764. The molecule has 0 radical (unpaired) electrons. The molecule has 2 rings (SSSR count). The van der Waals surface area contributed by atoms with E-state index in [9.17, 15) is 5.11 Å². The first-order chi connectivity index (χ1) is 12.1. The molecule has 2 atom stereocenters. The maximum Gasteiger partial charge on any atom is 0.133 e. The minimum Gasteiger partial charge on any atom is -0.496 e. The number of rotatable bonds is 8. The van der Waals surface area contributed by atoms with Gasteiger partial charge in [-0.15, -0.1) is 11.8 Å². The van der Waals surface area contributed by atoms with Crippen molar-refractivity contribution < 1.29 is 24.1 Å². The molecule has 0 amide bonds. The van der Waals surface area contributed by atoms with Crippen LogP contribution in [0.5, 0.6) is 17.2 Å². The van der Waals surface area contributed by atoms with E-state index in [0.717, 1.165) is 5.56 Å². The molecule has 1 N–H and O–H groups in total. The Morgan fingerprint density at radius 3 is 2.28 bits per heavy atom. The van der Waals surface area contributed by atoms with E-state index in [0.29, 0.717) is 23.0 Å². The molecule has 0 aliphatic heterocycles. The summed E-state index contributed by atoms with van der Waals surface area (Å²) in [6.45, 7) is 0. The number of aliphatic hydroxyl groups excluding tert-OH is 1. The Balaban J connectivity index is 2.14. The molecule has 1 aromatic rings. The maximum absolute atomic E-state index is 10.2. The van der Waals surface area contributed by atoms with Gasteiger partial charge in [-0.1, -0.05) is 18.2 Å². The van der Waals surface area contributed by atoms with Gasteiger partial charge in [0.2, 0.25) is 0 Å². The zero-order valence-electron chi connectivity index (χ0n) is 14.9. The van der Waals surface area contributed by atoms with Gasteiger partial charge in [0.15, 0.2) is 0 Å². The van der Waals surface area contributed by atoms with Crippen LogP contribution in [-0.4, -0.2) is 51.0 Å². The number of benzene rings is 1. The first-order valence-corrected chi connectivity index (χ1v) is 8.82. The standard InChI is InChI=1S/C19H24O5S/c1-21-14-11-16(22-2)15(17(12-14)23-3)8-10-25-13-19(24-4)9-6-5-7-18(19)20/h5-12,18,20H,13H2,1-4H3/b10-8+. The molecule has 0 aromatic heterocycles. The lowest BCUT2D eigenvalue weighted by Crippen LogP contribution is -2.44. The van der Waals surface area contributed by atoms with Crippen LogP contribution in [0.2, 0.25) is 0 Å². The van der Waals surface area contributed by atoms with Gasteiger partial charge >= 0.3 is 0 Å². The second-order valence-electron chi connectivity index (χ2n) is 5.41. The van der Waals surface area contributed by atoms with Gasteiger partial charge in [0.1, 0.15) is 29.0 Å². The lowest BCUT2D eigenvalue weighted by Gasteiger charge is -2.33. The Morgan fingerprint density at radius 2 is 1.76 bits per heavy atom. The fourth-order valence-electron chi connectivity index (χ4n) is 2.52. The van der Waals surface area contributed by atoms with Crippen molar-refractivity contribution in [2.75, 3.05) is 34.2 Å². The number of ether oxygens (including phenoxy) is 4. The molecule has 5 nitrogen and oxygen atoms in total. The minimum absolute atomic E-state index is 0.572. The predicted octanol–water partition coefficient (Wildman–Crippen LogP) is 3.29. The van der Waals surface area contributed by atoms with Gasteiger partial charge in [-0.2, -0.15) is 0 Å². The smallest absolute Gasteiger partial charge is 0.133 e. The summed E-state index contributed by atoms with van der Waals surface area (Å²) in [6, 6.07) is 3.61. The second-order valence-corrected chi connectivity index (χ2v) is 6.30. The van der Waals surface area contributed by atoms with Crippen LogP contribution in [0, 0.1) is 0 Å². The summed E-state index contributed by atoms with van der Waals surface area (Å²) < 4.78 is 21.7. The Morgan fingerprint density at radius 1 is 1.08 bits per heavy atom. The molecule has 0 bridgehead atoms. The lowest BCUT2D eigenvalue weighted by atomic mass is 9.94. The average molecular weight is 364 g/mol. The molecular weight excluding hydrogens is 340 g/mol. The molecule has 2 unspecified atom stereocenters. The van der Waals surface area contributed by atoms with Crippen molar-refractivity contribution in [2.45, 2.75) is 11.7 Å². The third-order valence-electron chi connectivity index (χ3n) is 4.06. The van der Waals surface area contributed by atoms with Crippen LogP contribution in [0.3, 0.4) is 0 Å². The summed E-state index contributed by atoms with van der Waals surface area (Å²) in [4.78, 5) is 0. The van der Waals surface area contributed by atoms with Crippen LogP contribution < -0.4 is 14.2 Å². The van der Waals surface area contributed by atoms with Gasteiger partial charge < -0.3 is 24.1 Å². The monoisotopic (exact) mass is 364 g/mol. The first-order valence-electron chi connectivity index (χ1n) is 7.77. The number of hydrogen-bond donors (Lipinski definition) is 1. The van der Waals surface area contributed by atoms with E-state index in [1.165, 1.54) is 11.8 Å². The Hall–Kier alpha value is -1.89. The second kappa shape index (κ2) is 8.99. The van der Waals surface area contributed by atoms with E-state index >= 15 is 0 Å². The summed E-state index contributed by atoms with van der Waals surface area (Å²) in [5.41, 5.74) is 0.0991. The summed E-state index contributed by atoms with van der Waals surface area (Å²) >= 11 is 1.54. The average Bonchev–Trinajstić information content (AvgIpc) is 2.66. The van der Waals surface area contributed by atoms with Gasteiger partial charge in [-0.05, 0) is 17.6 Å². The number of methoxy groups -OCH3 is 4. The highest BCUT2D eigenvalue weighted by molar-refractivity contribution is 8.02. The van der Waals surface area contributed by atoms with E-state index in [1.54, 1.807) is 34.5 Å². The Labute approximate surface area is 152 Å². The summed E-state index contributed by atoms with van der Waals surface area (Å²) in [5.74, 6) is 2.56. The van der Waals surface area contributed by atoms with Crippen molar-refractivity contribution >= 4 is 17.8 Å². The molecular formula is C19H24O5S. The molecule has 1 aromatic carbocycles. The van der Waals surface area contributed by atoms with Gasteiger partial charge in [0.05, 0.1) is 26.9 Å². The van der Waals surface area contributed by atoms with E-state index in [-0.39, 0.29) is 0 Å². The first kappa shape index (κ1) is 19.4. The van der Waals surface area contributed by atoms with Crippen molar-refractivity contribution in [1.82, 2.24) is 0 Å². The third-order valence-corrected chi connectivity index (χ3v) is 5.00. The summed E-state index contributed by atoms with van der Waals surface area (Å²) in [5, 5.41) is 12.1. The largest absolute Gasteiger partial charge is 0.496 e. The molecule has 136 valence electrons. The topological polar surface area (TPSA) is 57.2 Å². The SMILES string of the molecule is COc1cc(OC)c(/C=C/SCC2(OC)C=CC=CC2O)c(OC)c1. The van der Waals surface area contributed by atoms with Gasteiger partial charge in [0.25, 0.3) is 0 Å². The fraction of sp³-hybridized carbons (Fsp3) is 0.368. The van der Waals surface area contributed by atoms with Gasteiger partial charge in [-0.25, -0.2) is 0 Å². The van der Waals surface area contributed by atoms with E-state index < -0.39 is 11.7 Å². The normalized spacial score (nSPS) is 22.4. The van der Waals surface area contributed by atoms with Crippen LogP contribution in [0.25, 0.3) is 6.08 Å². The minimum atomic E-state index is -0.724. The van der Waals surface area contributed by atoms with Gasteiger partial charge in [-0.3, -0.25) is 0 Å². The molecule has 0 spiro atoms. The Kier molecular flexibility index (Phi) is 6.99. The number of hydrogen-bond acceptors (Lipinski definition) is 6. The molecule has 0 saturated carbocycles. The third kappa shape index (κ3) is 4.39. The van der Waals surface area contributed by atoms with Crippen molar-refractivity contribution in [3.8, 4) is 17.2 Å². The number of allylic oxidation sites excluding steroid dienone is 2. The molecule has 0 fully saturated rings. The molecule has 25 heavy (non-hydrogen) atoms. The van der Waals surface area contributed by atoms with Gasteiger partial charge in [0, 0.05) is 25.0 Å². The van der Waals surface area contributed by atoms with Crippen LogP contribution in [0.4, 0.5) is 0 Å². The highest BCUT2D eigenvalue weighted by Crippen LogP contribution is 2.36. The van der Waals surface area contributed by atoms with Crippen molar-refractivity contribution in [3.63, 3.8) is 0 Å². The zero-order chi connectivity index (χ0) is 18.3. The molecule has 0 saturated heterocycles. The molecule has 1 aliphatic carbocycles. The Bertz CT molecular complexity index is 643. The highest BCUT2D eigenvalue weighted by Gasteiger charge is 2.35. The number of thioether (sulfide) groups is 1.